The zero-order valence-corrected chi connectivity index (χ0v) is 13.8. The Morgan fingerprint density at radius 1 is 0.423 bits per heavy atom. The first-order valence-electron chi connectivity index (χ1n) is 4.94. The normalized spacial score (nSPS) is 15.9. The van der Waals surface area contributed by atoms with E-state index < -0.39 is 44.4 Å². The van der Waals surface area contributed by atoms with Crippen molar-refractivity contribution in [3.63, 3.8) is 0 Å². The summed E-state index contributed by atoms with van der Waals surface area (Å²) in [5.74, 6) is 0. The summed E-state index contributed by atoms with van der Waals surface area (Å²) in [6.07, 6.45) is -25.9. The summed E-state index contributed by atoms with van der Waals surface area (Å²) in [5.41, 5.74) is 0. The summed E-state index contributed by atoms with van der Waals surface area (Å²) in [6, 6.07) is 0. The van der Waals surface area contributed by atoms with E-state index in [9.17, 15) is 52.7 Å². The van der Waals surface area contributed by atoms with Gasteiger partial charge in [-0.15, -0.1) is 0 Å². The van der Waals surface area contributed by atoms with E-state index in [0.29, 0.717) is 0 Å². The number of hydrogen-bond acceptors (Lipinski definition) is 4. The summed E-state index contributed by atoms with van der Waals surface area (Å²) < 4.78 is 138. The number of rotatable bonds is 5. The van der Waals surface area contributed by atoms with Crippen molar-refractivity contribution in [2.24, 2.45) is 0 Å². The van der Waals surface area contributed by atoms with Crippen LogP contribution in [0.25, 0.3) is 0 Å². The van der Waals surface area contributed by atoms with Crippen LogP contribution in [-0.4, -0.2) is 44.4 Å². The highest BCUT2D eigenvalue weighted by Gasteiger charge is 2.66. The lowest BCUT2D eigenvalue weighted by molar-refractivity contribution is -0.514. The van der Waals surface area contributed by atoms with Crippen molar-refractivity contribution >= 4 is 46.4 Å². The highest BCUT2D eigenvalue weighted by molar-refractivity contribution is 6.60. The van der Waals surface area contributed by atoms with Gasteiger partial charge >= 0.3 is 25.2 Å². The quantitative estimate of drug-likeness (QED) is 0.206. The Morgan fingerprint density at radius 3 is 0.692 bits per heavy atom. The molecule has 0 saturated heterocycles. The lowest BCUT2D eigenvalue weighted by atomic mass is 10.7. The van der Waals surface area contributed by atoms with Gasteiger partial charge in [-0.2, -0.15) is 52.7 Å². The first-order valence-corrected chi connectivity index (χ1v) is 6.45. The van der Waals surface area contributed by atoms with Gasteiger partial charge in [0.25, 0.3) is 9.04 Å². The lowest BCUT2D eigenvalue weighted by Crippen LogP contribution is -2.58. The molecule has 0 saturated carbocycles. The van der Waals surface area contributed by atoms with Crippen LogP contribution in [-0.2, 0) is 9.68 Å². The molecule has 0 spiro atoms. The Kier molecular flexibility index (Phi) is 7.58. The smallest absolute Gasteiger partial charge is 0.238 e. The summed E-state index contributed by atoms with van der Waals surface area (Å²) in [6.45, 7) is 0. The molecule has 0 N–H and O–H groups in total. The number of alkyl halides is 16. The summed E-state index contributed by atoms with van der Waals surface area (Å²) in [7, 11) is 0. The van der Waals surface area contributed by atoms with Crippen LogP contribution < -0.4 is 0 Å². The second-order valence-corrected chi connectivity index (χ2v) is 6.19. The van der Waals surface area contributed by atoms with Gasteiger partial charge in [-0.25, -0.2) is 9.68 Å². The van der Waals surface area contributed by atoms with Crippen molar-refractivity contribution in [3.8, 4) is 0 Å². The van der Waals surface area contributed by atoms with Crippen molar-refractivity contribution in [1.29, 1.82) is 0 Å². The van der Waals surface area contributed by atoms with Gasteiger partial charge in [0.15, 0.2) is 0 Å². The molecule has 0 aromatic carbocycles. The van der Waals surface area contributed by atoms with Gasteiger partial charge in [-0.1, -0.05) is 46.4 Å². The highest BCUT2D eigenvalue weighted by atomic mass is 35.5. The van der Waals surface area contributed by atoms with Gasteiger partial charge in [0.2, 0.25) is 0 Å². The predicted molar refractivity (Wildman–Crippen MR) is 58.9 cm³/mol. The Bertz CT molecular complexity index is 414. The standard InChI is InChI=1S/C6Cl4F12N2O2/c7-1(8,25-23(3(11,12)13)4(14,15)16)2(9,10)26-24(5(17,18)19)6(20,21)22. The molecule has 0 aromatic heterocycles. The SMILES string of the molecule is FC(F)(F)N(OC(Cl)(Cl)C(Cl)(Cl)ON(C(F)(F)F)C(F)(F)F)C(F)(F)F. The van der Waals surface area contributed by atoms with Crippen LogP contribution in [0.2, 0.25) is 0 Å². The van der Waals surface area contributed by atoms with E-state index in [1.165, 1.54) is 0 Å². The van der Waals surface area contributed by atoms with E-state index in [1.807, 2.05) is 0 Å². The van der Waals surface area contributed by atoms with E-state index in [0.717, 1.165) is 0 Å². The van der Waals surface area contributed by atoms with E-state index in [2.05, 4.69) is 9.68 Å². The number of hydroxylamine groups is 4. The second kappa shape index (κ2) is 7.53. The Hall–Kier alpha value is 0.160. The van der Waals surface area contributed by atoms with Crippen molar-refractivity contribution in [3.05, 3.63) is 0 Å². The molecule has 0 aliphatic carbocycles. The molecule has 20 heteroatoms. The monoisotopic (exact) mass is 500 g/mol. The minimum atomic E-state index is -6.48. The maximum atomic E-state index is 12.2. The molecular formula is C6Cl4F12N2O2. The van der Waals surface area contributed by atoms with E-state index in [-0.39, 0.29) is 0 Å². The van der Waals surface area contributed by atoms with Gasteiger partial charge in [0.05, 0.1) is 0 Å². The summed E-state index contributed by atoms with van der Waals surface area (Å²) in [5, 5.41) is -5.79. The van der Waals surface area contributed by atoms with E-state index in [1.54, 1.807) is 0 Å². The van der Waals surface area contributed by atoms with Crippen molar-refractivity contribution in [1.82, 2.24) is 10.1 Å². The van der Waals surface area contributed by atoms with Crippen LogP contribution in [0.3, 0.4) is 0 Å². The molecule has 0 amide bonds. The molecule has 0 aromatic rings. The average Bonchev–Trinajstić information content (AvgIpc) is 2.27. The molecule has 4 nitrogen and oxygen atoms in total. The molecule has 26 heavy (non-hydrogen) atoms. The molecule has 0 radical (unpaired) electrons. The molecule has 0 unspecified atom stereocenters. The lowest BCUT2D eigenvalue weighted by Gasteiger charge is -2.38. The number of nitrogens with zero attached hydrogens (tertiary/aromatic N) is 2. The Balaban J connectivity index is 5.80. The van der Waals surface area contributed by atoms with Crippen molar-refractivity contribution in [2.75, 3.05) is 0 Å². The average molecular weight is 502 g/mol. The molecule has 0 atom stereocenters. The molecule has 0 fully saturated rings. The fraction of sp³-hybridized carbons (Fsp3) is 1.00. The maximum absolute atomic E-state index is 12.2. The zero-order valence-electron chi connectivity index (χ0n) is 10.8. The summed E-state index contributed by atoms with van der Waals surface area (Å²) >= 11 is 18.9. The third-order valence-electron chi connectivity index (χ3n) is 1.67. The van der Waals surface area contributed by atoms with Crippen LogP contribution in [0.5, 0.6) is 0 Å². The minimum Gasteiger partial charge on any atom is -0.238 e. The van der Waals surface area contributed by atoms with Crippen LogP contribution in [0.15, 0.2) is 0 Å². The third kappa shape index (κ3) is 6.96. The predicted octanol–water partition coefficient (Wildman–Crippen LogP) is 5.80. The molecule has 0 aliphatic heterocycles. The first-order chi connectivity index (χ1) is 10.9. The van der Waals surface area contributed by atoms with Crippen molar-refractivity contribution < 1.29 is 62.4 Å². The van der Waals surface area contributed by atoms with Crippen LogP contribution >= 0.6 is 46.4 Å². The molecule has 0 aliphatic rings. The zero-order chi connectivity index (χ0) is 21.6. The van der Waals surface area contributed by atoms with Crippen LogP contribution in [0.1, 0.15) is 0 Å². The fourth-order valence-corrected chi connectivity index (χ4v) is 1.24. The number of halogens is 16. The Morgan fingerprint density at radius 2 is 0.577 bits per heavy atom. The van der Waals surface area contributed by atoms with Gasteiger partial charge in [0, 0.05) is 10.1 Å². The first kappa shape index (κ1) is 26.2. The van der Waals surface area contributed by atoms with Gasteiger partial charge in [-0.3, -0.25) is 0 Å². The maximum Gasteiger partial charge on any atom is 0.490 e. The van der Waals surface area contributed by atoms with Crippen LogP contribution in [0.4, 0.5) is 52.7 Å². The Labute approximate surface area is 153 Å². The molecular weight excluding hydrogens is 502 g/mol. The molecule has 158 valence electrons. The minimum absolute atomic E-state index is 2.89. The fourth-order valence-electron chi connectivity index (χ4n) is 0.830. The largest absolute Gasteiger partial charge is 0.490 e. The third-order valence-corrected chi connectivity index (χ3v) is 3.40. The summed E-state index contributed by atoms with van der Waals surface area (Å²) in [4.78, 5) is 5.84. The van der Waals surface area contributed by atoms with Gasteiger partial charge < -0.3 is 0 Å². The molecule has 0 rings (SSSR count). The molecule has 0 heterocycles. The topological polar surface area (TPSA) is 24.9 Å². The molecule has 0 bridgehead atoms. The van der Waals surface area contributed by atoms with Crippen LogP contribution in [0, 0.1) is 0 Å². The highest BCUT2D eigenvalue weighted by Crippen LogP contribution is 2.50. The number of hydrogen-bond donors (Lipinski definition) is 0. The van der Waals surface area contributed by atoms with Crippen molar-refractivity contribution in [2.45, 2.75) is 34.2 Å². The van der Waals surface area contributed by atoms with E-state index >= 15 is 0 Å². The van der Waals surface area contributed by atoms with E-state index in [4.69, 9.17) is 46.4 Å². The van der Waals surface area contributed by atoms with Gasteiger partial charge in [0.1, 0.15) is 0 Å². The van der Waals surface area contributed by atoms with Gasteiger partial charge in [-0.05, 0) is 0 Å². The second-order valence-electron chi connectivity index (χ2n) is 3.68.